The molecule has 0 saturated carbocycles. The number of nitrogens with zero attached hydrogens (tertiary/aromatic N) is 1. The first kappa shape index (κ1) is 9.36. The maximum Gasteiger partial charge on any atom is 0.0298 e. The lowest BCUT2D eigenvalue weighted by atomic mass is 9.93. The van der Waals surface area contributed by atoms with Crippen molar-refractivity contribution in [2.45, 2.75) is 18.4 Å². The molecule has 0 aromatic carbocycles. The Balaban J connectivity index is 2.37. The molecule has 0 bridgehead atoms. The summed E-state index contributed by atoms with van der Waals surface area (Å²) in [5, 5.41) is 0. The summed E-state index contributed by atoms with van der Waals surface area (Å²) >= 11 is 2.03. The van der Waals surface area contributed by atoms with E-state index in [1.165, 1.54) is 24.3 Å². The molecule has 3 heteroatoms. The molecule has 0 aromatic rings. The van der Waals surface area contributed by atoms with Crippen molar-refractivity contribution >= 4 is 11.8 Å². The monoisotopic (exact) mass is 174 g/mol. The summed E-state index contributed by atoms with van der Waals surface area (Å²) in [4.78, 5) is 2.19. The molecule has 0 aromatic heterocycles. The van der Waals surface area contributed by atoms with E-state index in [9.17, 15) is 0 Å². The Kier molecular flexibility index (Phi) is 3.22. The quantitative estimate of drug-likeness (QED) is 0.670. The number of hydrogen-bond acceptors (Lipinski definition) is 3. The Bertz CT molecular complexity index is 119. The highest BCUT2D eigenvalue weighted by Gasteiger charge is 2.27. The SMILES string of the molecule is CN(C)CC1(N)CCSCC1. The van der Waals surface area contributed by atoms with Crippen molar-refractivity contribution in [2.75, 3.05) is 32.1 Å². The number of likely N-dealkylation sites (N-methyl/N-ethyl adjacent to an activating group) is 1. The minimum absolute atomic E-state index is 0.106. The Morgan fingerprint density at radius 3 is 2.36 bits per heavy atom. The molecule has 1 aliphatic rings. The maximum atomic E-state index is 6.20. The second kappa shape index (κ2) is 3.78. The van der Waals surface area contributed by atoms with Crippen molar-refractivity contribution in [2.24, 2.45) is 5.73 Å². The Labute approximate surface area is 73.5 Å². The van der Waals surface area contributed by atoms with Crippen LogP contribution in [0.1, 0.15) is 12.8 Å². The van der Waals surface area contributed by atoms with Gasteiger partial charge in [-0.3, -0.25) is 0 Å². The minimum atomic E-state index is 0.106. The first-order valence-electron chi connectivity index (χ1n) is 4.14. The van der Waals surface area contributed by atoms with Crippen LogP contribution in [0.15, 0.2) is 0 Å². The second-order valence-corrected chi connectivity index (χ2v) is 4.94. The maximum absolute atomic E-state index is 6.20. The van der Waals surface area contributed by atoms with Crippen LogP contribution in [0.3, 0.4) is 0 Å². The molecule has 1 fully saturated rings. The van der Waals surface area contributed by atoms with Crippen LogP contribution in [0.4, 0.5) is 0 Å². The average molecular weight is 174 g/mol. The van der Waals surface area contributed by atoms with Gasteiger partial charge in [-0.05, 0) is 38.4 Å². The molecule has 11 heavy (non-hydrogen) atoms. The van der Waals surface area contributed by atoms with Crippen LogP contribution in [0, 0.1) is 0 Å². The van der Waals surface area contributed by atoms with Gasteiger partial charge in [0.05, 0.1) is 0 Å². The average Bonchev–Trinajstić information content (AvgIpc) is 1.85. The fourth-order valence-electron chi connectivity index (χ4n) is 1.57. The zero-order valence-corrected chi connectivity index (χ0v) is 8.28. The fourth-order valence-corrected chi connectivity index (χ4v) is 2.87. The fraction of sp³-hybridized carbons (Fsp3) is 1.00. The molecule has 0 atom stereocenters. The van der Waals surface area contributed by atoms with Crippen molar-refractivity contribution in [3.8, 4) is 0 Å². The number of nitrogens with two attached hydrogens (primary N) is 1. The highest BCUT2D eigenvalue weighted by Crippen LogP contribution is 2.24. The van der Waals surface area contributed by atoms with Gasteiger partial charge in [-0.25, -0.2) is 0 Å². The van der Waals surface area contributed by atoms with E-state index in [0.717, 1.165) is 6.54 Å². The lowest BCUT2D eigenvalue weighted by Gasteiger charge is -2.35. The van der Waals surface area contributed by atoms with E-state index in [1.807, 2.05) is 11.8 Å². The molecular formula is C8H18N2S. The number of rotatable bonds is 2. The first-order valence-corrected chi connectivity index (χ1v) is 5.29. The topological polar surface area (TPSA) is 29.3 Å². The lowest BCUT2D eigenvalue weighted by molar-refractivity contribution is 0.268. The third-order valence-electron chi connectivity index (χ3n) is 2.12. The van der Waals surface area contributed by atoms with Crippen LogP contribution < -0.4 is 5.73 Å². The molecule has 1 heterocycles. The van der Waals surface area contributed by atoms with E-state index in [1.54, 1.807) is 0 Å². The van der Waals surface area contributed by atoms with Gasteiger partial charge in [0.25, 0.3) is 0 Å². The summed E-state index contributed by atoms with van der Waals surface area (Å²) in [5.41, 5.74) is 6.31. The zero-order chi connectivity index (χ0) is 8.32. The summed E-state index contributed by atoms with van der Waals surface area (Å²) < 4.78 is 0. The molecule has 1 aliphatic heterocycles. The van der Waals surface area contributed by atoms with E-state index < -0.39 is 0 Å². The highest BCUT2D eigenvalue weighted by atomic mass is 32.2. The van der Waals surface area contributed by atoms with Crippen molar-refractivity contribution < 1.29 is 0 Å². The van der Waals surface area contributed by atoms with Crippen molar-refractivity contribution in [3.05, 3.63) is 0 Å². The Hall–Kier alpha value is 0.270. The van der Waals surface area contributed by atoms with Gasteiger partial charge in [0.15, 0.2) is 0 Å². The molecule has 0 amide bonds. The van der Waals surface area contributed by atoms with Gasteiger partial charge in [0.1, 0.15) is 0 Å². The van der Waals surface area contributed by atoms with Crippen LogP contribution >= 0.6 is 11.8 Å². The summed E-state index contributed by atoms with van der Waals surface area (Å²) in [6.07, 6.45) is 2.35. The van der Waals surface area contributed by atoms with Gasteiger partial charge in [-0.15, -0.1) is 0 Å². The molecule has 0 unspecified atom stereocenters. The molecule has 2 N–H and O–H groups in total. The predicted octanol–water partition coefficient (Wildman–Crippen LogP) is 0.773. The van der Waals surface area contributed by atoms with E-state index >= 15 is 0 Å². The lowest BCUT2D eigenvalue weighted by Crippen LogP contribution is -2.50. The summed E-state index contributed by atoms with van der Waals surface area (Å²) in [6.45, 7) is 1.04. The molecule has 0 aliphatic carbocycles. The van der Waals surface area contributed by atoms with E-state index in [4.69, 9.17) is 5.73 Å². The van der Waals surface area contributed by atoms with Gasteiger partial charge in [-0.2, -0.15) is 11.8 Å². The third kappa shape index (κ3) is 3.01. The third-order valence-corrected chi connectivity index (χ3v) is 3.11. The molecule has 2 nitrogen and oxygen atoms in total. The predicted molar refractivity (Wildman–Crippen MR) is 52.0 cm³/mol. The van der Waals surface area contributed by atoms with Crippen molar-refractivity contribution in [3.63, 3.8) is 0 Å². The second-order valence-electron chi connectivity index (χ2n) is 3.71. The summed E-state index contributed by atoms with van der Waals surface area (Å²) in [5.74, 6) is 2.48. The number of thioether (sulfide) groups is 1. The zero-order valence-electron chi connectivity index (χ0n) is 7.47. The van der Waals surface area contributed by atoms with Crippen molar-refractivity contribution in [1.82, 2.24) is 4.90 Å². The van der Waals surface area contributed by atoms with Crippen LogP contribution in [-0.2, 0) is 0 Å². The van der Waals surface area contributed by atoms with Gasteiger partial charge in [-0.1, -0.05) is 0 Å². The summed E-state index contributed by atoms with van der Waals surface area (Å²) in [6, 6.07) is 0. The molecule has 66 valence electrons. The largest absolute Gasteiger partial charge is 0.324 e. The van der Waals surface area contributed by atoms with Gasteiger partial charge in [0.2, 0.25) is 0 Å². The van der Waals surface area contributed by atoms with Crippen LogP contribution in [0.5, 0.6) is 0 Å². The molecule has 0 radical (unpaired) electrons. The van der Waals surface area contributed by atoms with E-state index in [0.29, 0.717) is 0 Å². The Morgan fingerprint density at radius 2 is 1.91 bits per heavy atom. The smallest absolute Gasteiger partial charge is 0.0298 e. The minimum Gasteiger partial charge on any atom is -0.324 e. The molecule has 0 spiro atoms. The standard InChI is InChI=1S/C8H18N2S/c1-10(2)7-8(9)3-5-11-6-4-8/h3-7,9H2,1-2H3. The Morgan fingerprint density at radius 1 is 1.36 bits per heavy atom. The molecular weight excluding hydrogens is 156 g/mol. The number of hydrogen-bond donors (Lipinski definition) is 1. The van der Waals surface area contributed by atoms with Gasteiger partial charge < -0.3 is 10.6 Å². The van der Waals surface area contributed by atoms with Crippen LogP contribution in [-0.4, -0.2) is 42.6 Å². The first-order chi connectivity index (χ1) is 5.12. The normalized spacial score (nSPS) is 24.0. The summed E-state index contributed by atoms with van der Waals surface area (Å²) in [7, 11) is 4.19. The van der Waals surface area contributed by atoms with Crippen molar-refractivity contribution in [1.29, 1.82) is 0 Å². The molecule has 1 saturated heterocycles. The van der Waals surface area contributed by atoms with Crippen LogP contribution in [0.25, 0.3) is 0 Å². The van der Waals surface area contributed by atoms with Gasteiger partial charge >= 0.3 is 0 Å². The van der Waals surface area contributed by atoms with E-state index in [-0.39, 0.29) is 5.54 Å². The highest BCUT2D eigenvalue weighted by molar-refractivity contribution is 7.99. The van der Waals surface area contributed by atoms with E-state index in [2.05, 4.69) is 19.0 Å². The van der Waals surface area contributed by atoms with Gasteiger partial charge in [0, 0.05) is 12.1 Å². The molecule has 1 rings (SSSR count). The van der Waals surface area contributed by atoms with Crippen LogP contribution in [0.2, 0.25) is 0 Å².